The highest BCUT2D eigenvalue weighted by molar-refractivity contribution is 6.07. The summed E-state index contributed by atoms with van der Waals surface area (Å²) in [5.74, 6) is 0.818. The summed E-state index contributed by atoms with van der Waals surface area (Å²) in [4.78, 5) is 33.0. The molecular formula is C21H25N7O3. The number of hydrogen-bond donors (Lipinski definition) is 3. The number of carbonyl (C=O) groups excluding carboxylic acids is 2. The maximum absolute atomic E-state index is 12.7. The van der Waals surface area contributed by atoms with Crippen molar-refractivity contribution in [3.05, 3.63) is 42.2 Å². The van der Waals surface area contributed by atoms with E-state index in [0.717, 1.165) is 18.3 Å². The summed E-state index contributed by atoms with van der Waals surface area (Å²) in [6, 6.07) is 3.59. The second-order valence-electron chi connectivity index (χ2n) is 8.12. The van der Waals surface area contributed by atoms with Crippen LogP contribution in [-0.2, 0) is 6.54 Å². The highest BCUT2D eigenvalue weighted by Crippen LogP contribution is 2.29. The normalized spacial score (nSPS) is 13.4. The Morgan fingerprint density at radius 3 is 2.87 bits per heavy atom. The van der Waals surface area contributed by atoms with E-state index in [1.165, 1.54) is 19.1 Å². The van der Waals surface area contributed by atoms with Crippen LogP contribution in [0.3, 0.4) is 0 Å². The number of rotatable bonds is 9. The molecule has 0 aliphatic heterocycles. The number of aromatic nitrogens is 4. The van der Waals surface area contributed by atoms with Crippen LogP contribution in [0.1, 0.15) is 47.7 Å². The van der Waals surface area contributed by atoms with Crippen molar-refractivity contribution in [2.75, 3.05) is 17.2 Å². The van der Waals surface area contributed by atoms with E-state index in [0.29, 0.717) is 23.9 Å². The van der Waals surface area contributed by atoms with Crippen molar-refractivity contribution < 1.29 is 14.0 Å². The lowest BCUT2D eigenvalue weighted by atomic mass is 10.2. The van der Waals surface area contributed by atoms with E-state index >= 15 is 0 Å². The van der Waals surface area contributed by atoms with Crippen molar-refractivity contribution in [2.45, 2.75) is 33.2 Å². The quantitative estimate of drug-likeness (QED) is 0.480. The van der Waals surface area contributed by atoms with E-state index in [4.69, 9.17) is 10.2 Å². The largest absolute Gasteiger partial charge is 0.444 e. The molecule has 162 valence electrons. The molecule has 0 unspecified atom stereocenters. The van der Waals surface area contributed by atoms with Crippen molar-refractivity contribution >= 4 is 23.3 Å². The molecule has 0 saturated heterocycles. The molecule has 4 N–H and O–H groups in total. The zero-order chi connectivity index (χ0) is 22.0. The van der Waals surface area contributed by atoms with Gasteiger partial charge in [-0.1, -0.05) is 13.8 Å². The van der Waals surface area contributed by atoms with Gasteiger partial charge in [0.1, 0.15) is 12.1 Å². The van der Waals surface area contributed by atoms with Crippen LogP contribution >= 0.6 is 0 Å². The number of pyridine rings is 1. The molecule has 1 saturated carbocycles. The number of nitrogens with one attached hydrogen (secondary N) is 2. The van der Waals surface area contributed by atoms with Gasteiger partial charge in [0.05, 0.1) is 5.69 Å². The SMILES string of the molecule is CC(C)Cn1cc(NC(=O)c2coc(-c3ccnc(NCC4CC4)c3)n2)c(C(N)=O)n1. The Morgan fingerprint density at radius 2 is 2.16 bits per heavy atom. The predicted molar refractivity (Wildman–Crippen MR) is 114 cm³/mol. The van der Waals surface area contributed by atoms with Gasteiger partial charge in [-0.2, -0.15) is 5.10 Å². The Morgan fingerprint density at radius 1 is 1.35 bits per heavy atom. The lowest BCUT2D eigenvalue weighted by molar-refractivity contribution is 0.0995. The summed E-state index contributed by atoms with van der Waals surface area (Å²) in [5, 5.41) is 10.1. The van der Waals surface area contributed by atoms with Crippen molar-refractivity contribution in [3.8, 4) is 11.5 Å². The summed E-state index contributed by atoms with van der Waals surface area (Å²) in [6.07, 6.45) is 7.01. The molecule has 3 heterocycles. The predicted octanol–water partition coefficient (Wildman–Crippen LogP) is 2.76. The first-order valence-electron chi connectivity index (χ1n) is 10.2. The summed E-state index contributed by atoms with van der Waals surface area (Å²) >= 11 is 0. The van der Waals surface area contributed by atoms with Gasteiger partial charge in [0, 0.05) is 31.0 Å². The molecule has 4 rings (SSSR count). The number of hydrogen-bond acceptors (Lipinski definition) is 7. The Labute approximate surface area is 179 Å². The fourth-order valence-corrected chi connectivity index (χ4v) is 3.09. The standard InChI is InChI=1S/C21H25N7O3/c1-12(2)9-28-10-15(18(27-28)19(22)29)25-20(30)16-11-31-21(26-16)14-5-6-23-17(7-14)24-8-13-3-4-13/h5-7,10-13H,3-4,8-9H2,1-2H3,(H2,22,29)(H,23,24)(H,25,30). The van der Waals surface area contributed by atoms with Crippen molar-refractivity contribution in [2.24, 2.45) is 17.6 Å². The molecule has 0 bridgehead atoms. The fourth-order valence-electron chi connectivity index (χ4n) is 3.09. The van der Waals surface area contributed by atoms with Gasteiger partial charge in [0.15, 0.2) is 11.4 Å². The van der Waals surface area contributed by atoms with E-state index in [9.17, 15) is 9.59 Å². The first kappa shape index (κ1) is 20.6. The van der Waals surface area contributed by atoms with E-state index in [-0.39, 0.29) is 17.1 Å². The number of amides is 2. The molecule has 1 fully saturated rings. The maximum Gasteiger partial charge on any atom is 0.277 e. The monoisotopic (exact) mass is 423 g/mol. The van der Waals surface area contributed by atoms with Crippen LogP contribution in [0.25, 0.3) is 11.5 Å². The van der Waals surface area contributed by atoms with E-state index in [1.54, 1.807) is 23.1 Å². The number of anilines is 2. The molecule has 0 radical (unpaired) electrons. The van der Waals surface area contributed by atoms with Crippen LogP contribution in [-0.4, -0.2) is 38.1 Å². The minimum absolute atomic E-state index is 0.00164. The molecular weight excluding hydrogens is 398 g/mol. The Balaban J connectivity index is 1.48. The van der Waals surface area contributed by atoms with Crippen LogP contribution in [0.4, 0.5) is 11.5 Å². The molecule has 0 atom stereocenters. The Bertz CT molecular complexity index is 1100. The number of oxazole rings is 1. The number of primary amides is 1. The summed E-state index contributed by atoms with van der Waals surface area (Å²) in [7, 11) is 0. The zero-order valence-corrected chi connectivity index (χ0v) is 17.5. The Kier molecular flexibility index (Phi) is 5.70. The molecule has 2 amide bonds. The van der Waals surface area contributed by atoms with E-state index in [2.05, 4.69) is 25.7 Å². The van der Waals surface area contributed by atoms with Crippen LogP contribution in [0.5, 0.6) is 0 Å². The molecule has 31 heavy (non-hydrogen) atoms. The van der Waals surface area contributed by atoms with Crippen molar-refractivity contribution in [3.63, 3.8) is 0 Å². The minimum atomic E-state index is -0.721. The highest BCUT2D eigenvalue weighted by atomic mass is 16.3. The highest BCUT2D eigenvalue weighted by Gasteiger charge is 2.22. The van der Waals surface area contributed by atoms with Crippen molar-refractivity contribution in [1.29, 1.82) is 0 Å². The first-order chi connectivity index (χ1) is 14.9. The maximum atomic E-state index is 12.7. The number of nitrogens with zero attached hydrogens (tertiary/aromatic N) is 4. The van der Waals surface area contributed by atoms with Gasteiger partial charge in [-0.15, -0.1) is 0 Å². The molecule has 0 aromatic carbocycles. The van der Waals surface area contributed by atoms with E-state index < -0.39 is 11.8 Å². The van der Waals surface area contributed by atoms with Gasteiger partial charge < -0.3 is 20.8 Å². The van der Waals surface area contributed by atoms with Gasteiger partial charge in [-0.25, -0.2) is 9.97 Å². The van der Waals surface area contributed by atoms with E-state index in [1.807, 2.05) is 19.9 Å². The third-order valence-electron chi connectivity index (χ3n) is 4.81. The van der Waals surface area contributed by atoms with Gasteiger partial charge >= 0.3 is 0 Å². The molecule has 1 aliphatic rings. The van der Waals surface area contributed by atoms with Crippen LogP contribution < -0.4 is 16.4 Å². The average molecular weight is 423 g/mol. The minimum Gasteiger partial charge on any atom is -0.444 e. The van der Waals surface area contributed by atoms with Gasteiger partial charge in [-0.05, 0) is 36.8 Å². The smallest absolute Gasteiger partial charge is 0.277 e. The van der Waals surface area contributed by atoms with Crippen LogP contribution in [0.2, 0.25) is 0 Å². The van der Waals surface area contributed by atoms with Crippen LogP contribution in [0.15, 0.2) is 35.2 Å². The van der Waals surface area contributed by atoms with Crippen molar-refractivity contribution in [1.82, 2.24) is 19.7 Å². The lowest BCUT2D eigenvalue weighted by Gasteiger charge is -2.04. The summed E-state index contributed by atoms with van der Waals surface area (Å²) in [5.41, 5.74) is 6.41. The third kappa shape index (κ3) is 5.08. The van der Waals surface area contributed by atoms with Gasteiger partial charge in [0.2, 0.25) is 5.89 Å². The first-order valence-corrected chi connectivity index (χ1v) is 10.2. The topological polar surface area (TPSA) is 141 Å². The second kappa shape index (κ2) is 8.58. The summed E-state index contributed by atoms with van der Waals surface area (Å²) < 4.78 is 7.08. The van der Waals surface area contributed by atoms with Gasteiger partial charge in [0.25, 0.3) is 11.8 Å². The molecule has 3 aromatic heterocycles. The number of carbonyl (C=O) groups is 2. The molecule has 3 aromatic rings. The Hall–Kier alpha value is -3.69. The molecule has 10 heteroatoms. The average Bonchev–Trinajstić information content (AvgIpc) is 3.26. The zero-order valence-electron chi connectivity index (χ0n) is 17.5. The third-order valence-corrected chi connectivity index (χ3v) is 4.81. The summed E-state index contributed by atoms with van der Waals surface area (Å²) in [6.45, 7) is 5.52. The molecule has 1 aliphatic carbocycles. The molecule has 10 nitrogen and oxygen atoms in total. The van der Waals surface area contributed by atoms with Gasteiger partial charge in [-0.3, -0.25) is 14.3 Å². The van der Waals surface area contributed by atoms with Crippen LogP contribution in [0, 0.1) is 11.8 Å². The lowest BCUT2D eigenvalue weighted by Crippen LogP contribution is -2.18. The molecule has 0 spiro atoms. The fraction of sp³-hybridized carbons (Fsp3) is 0.381. The number of nitrogens with two attached hydrogens (primary N) is 1. The second-order valence-corrected chi connectivity index (χ2v) is 8.12.